The Balaban J connectivity index is 1.97. The van der Waals surface area contributed by atoms with Crippen LogP contribution in [-0.4, -0.2) is 21.3 Å². The Morgan fingerprint density at radius 2 is 1.95 bits per heavy atom. The number of aromatic nitrogens is 3. The first-order chi connectivity index (χ1) is 9.67. The number of halogens is 1. The molecule has 0 radical (unpaired) electrons. The van der Waals surface area contributed by atoms with Crippen LogP contribution in [0.15, 0.2) is 51.9 Å². The maximum atomic E-state index is 12.2. The predicted molar refractivity (Wildman–Crippen MR) is 79.2 cm³/mol. The summed E-state index contributed by atoms with van der Waals surface area (Å²) in [6.45, 7) is 0.433. The Morgan fingerprint density at radius 1 is 1.20 bits per heavy atom. The maximum Gasteiger partial charge on any atom is 0.350 e. The Labute approximate surface area is 123 Å². The van der Waals surface area contributed by atoms with Gasteiger partial charge in [0, 0.05) is 10.7 Å². The van der Waals surface area contributed by atoms with E-state index in [1.165, 1.54) is 9.08 Å². The zero-order valence-electron chi connectivity index (χ0n) is 10.8. The molecule has 3 rings (SSSR count). The number of benzene rings is 1. The summed E-state index contributed by atoms with van der Waals surface area (Å²) in [4.78, 5) is 12.2. The van der Waals surface area contributed by atoms with Gasteiger partial charge in [-0.3, -0.25) is 0 Å². The van der Waals surface area contributed by atoms with Crippen molar-refractivity contribution >= 4 is 21.6 Å². The maximum absolute atomic E-state index is 12.2. The number of rotatable bonds is 3. The van der Waals surface area contributed by atoms with E-state index in [4.69, 9.17) is 4.74 Å². The topological polar surface area (TPSA) is 48.5 Å². The Kier molecular flexibility index (Phi) is 3.31. The number of pyridine rings is 1. The summed E-state index contributed by atoms with van der Waals surface area (Å²) in [6.07, 6.45) is 1.72. The second-order valence-electron chi connectivity index (χ2n) is 4.36. The van der Waals surface area contributed by atoms with Crippen molar-refractivity contribution in [3.05, 3.63) is 63.1 Å². The fraction of sp³-hybridized carbons (Fsp3) is 0.143. The van der Waals surface area contributed by atoms with Gasteiger partial charge in [-0.2, -0.15) is 0 Å². The minimum Gasteiger partial charge on any atom is -0.497 e. The van der Waals surface area contributed by atoms with E-state index in [2.05, 4.69) is 21.0 Å². The van der Waals surface area contributed by atoms with E-state index in [0.29, 0.717) is 12.2 Å². The fourth-order valence-corrected chi connectivity index (χ4v) is 2.34. The van der Waals surface area contributed by atoms with E-state index in [-0.39, 0.29) is 5.69 Å². The van der Waals surface area contributed by atoms with Crippen molar-refractivity contribution in [1.82, 2.24) is 14.2 Å². The second kappa shape index (κ2) is 5.13. The van der Waals surface area contributed by atoms with Gasteiger partial charge in [0.1, 0.15) is 5.75 Å². The lowest BCUT2D eigenvalue weighted by Crippen LogP contribution is -2.21. The lowest BCUT2D eigenvalue weighted by molar-refractivity contribution is 0.414. The Hall–Kier alpha value is -2.08. The molecule has 0 aliphatic carbocycles. The first-order valence-corrected chi connectivity index (χ1v) is 6.84. The van der Waals surface area contributed by atoms with E-state index in [9.17, 15) is 4.79 Å². The molecule has 0 atom stereocenters. The third-order valence-electron chi connectivity index (χ3n) is 3.03. The molecular weight excluding hydrogens is 322 g/mol. The van der Waals surface area contributed by atoms with E-state index in [1.54, 1.807) is 19.4 Å². The zero-order chi connectivity index (χ0) is 14.1. The molecule has 1 aromatic carbocycles. The highest BCUT2D eigenvalue weighted by Crippen LogP contribution is 2.12. The second-order valence-corrected chi connectivity index (χ2v) is 5.28. The SMILES string of the molecule is COc1ccc(Cn2nc3ccc(Br)cn3c2=O)cc1. The molecule has 20 heavy (non-hydrogen) atoms. The average molecular weight is 334 g/mol. The Bertz CT molecular complexity index is 805. The summed E-state index contributed by atoms with van der Waals surface area (Å²) < 4.78 is 8.92. The third kappa shape index (κ3) is 2.34. The normalized spacial score (nSPS) is 10.9. The van der Waals surface area contributed by atoms with Crippen LogP contribution >= 0.6 is 15.9 Å². The molecule has 3 aromatic rings. The minimum atomic E-state index is -0.155. The smallest absolute Gasteiger partial charge is 0.350 e. The molecule has 6 heteroatoms. The van der Waals surface area contributed by atoms with Crippen LogP contribution < -0.4 is 10.4 Å². The number of fused-ring (bicyclic) bond motifs is 1. The average Bonchev–Trinajstić information content (AvgIpc) is 2.76. The number of methoxy groups -OCH3 is 1. The lowest BCUT2D eigenvalue weighted by Gasteiger charge is -2.02. The molecule has 0 bridgehead atoms. The summed E-state index contributed by atoms with van der Waals surface area (Å²) >= 11 is 3.35. The first-order valence-electron chi connectivity index (χ1n) is 6.05. The molecule has 0 spiro atoms. The van der Waals surface area contributed by atoms with E-state index >= 15 is 0 Å². The summed E-state index contributed by atoms with van der Waals surface area (Å²) in [6, 6.07) is 11.2. The Morgan fingerprint density at radius 3 is 2.65 bits per heavy atom. The quantitative estimate of drug-likeness (QED) is 0.739. The van der Waals surface area contributed by atoms with Gasteiger partial charge in [-0.15, -0.1) is 5.10 Å². The molecule has 0 fully saturated rings. The number of hydrogen-bond donors (Lipinski definition) is 0. The number of ether oxygens (including phenoxy) is 1. The third-order valence-corrected chi connectivity index (χ3v) is 3.50. The van der Waals surface area contributed by atoms with Gasteiger partial charge in [-0.25, -0.2) is 13.9 Å². The molecule has 0 aliphatic heterocycles. The van der Waals surface area contributed by atoms with Crippen molar-refractivity contribution in [3.63, 3.8) is 0 Å². The number of nitrogens with zero attached hydrogens (tertiary/aromatic N) is 3. The lowest BCUT2D eigenvalue weighted by atomic mass is 10.2. The van der Waals surface area contributed by atoms with Gasteiger partial charge in [-0.05, 0) is 45.8 Å². The summed E-state index contributed by atoms with van der Waals surface area (Å²) in [5.41, 5.74) is 1.47. The van der Waals surface area contributed by atoms with Gasteiger partial charge in [-0.1, -0.05) is 12.1 Å². The van der Waals surface area contributed by atoms with E-state index < -0.39 is 0 Å². The van der Waals surface area contributed by atoms with Gasteiger partial charge in [0.2, 0.25) is 0 Å². The zero-order valence-corrected chi connectivity index (χ0v) is 12.4. The molecule has 0 N–H and O–H groups in total. The van der Waals surface area contributed by atoms with Crippen molar-refractivity contribution in [3.8, 4) is 5.75 Å². The van der Waals surface area contributed by atoms with Crippen LogP contribution in [0.25, 0.3) is 5.65 Å². The largest absolute Gasteiger partial charge is 0.497 e. The molecule has 0 unspecified atom stereocenters. The van der Waals surface area contributed by atoms with Crippen LogP contribution in [0.4, 0.5) is 0 Å². The van der Waals surface area contributed by atoms with Gasteiger partial charge < -0.3 is 4.74 Å². The van der Waals surface area contributed by atoms with Gasteiger partial charge >= 0.3 is 5.69 Å². The van der Waals surface area contributed by atoms with Crippen molar-refractivity contribution in [1.29, 1.82) is 0 Å². The molecule has 2 aromatic heterocycles. The highest BCUT2D eigenvalue weighted by molar-refractivity contribution is 9.10. The summed E-state index contributed by atoms with van der Waals surface area (Å²) in [5.74, 6) is 0.792. The van der Waals surface area contributed by atoms with Crippen LogP contribution in [-0.2, 0) is 6.54 Å². The van der Waals surface area contributed by atoms with Crippen LogP contribution in [0.1, 0.15) is 5.56 Å². The predicted octanol–water partition coefficient (Wildman–Crippen LogP) is 2.32. The van der Waals surface area contributed by atoms with Crippen molar-refractivity contribution in [2.24, 2.45) is 0 Å². The van der Waals surface area contributed by atoms with E-state index in [0.717, 1.165) is 15.8 Å². The molecule has 0 saturated heterocycles. The summed E-state index contributed by atoms with van der Waals surface area (Å²) in [5, 5.41) is 4.31. The molecule has 102 valence electrons. The highest BCUT2D eigenvalue weighted by Gasteiger charge is 2.07. The van der Waals surface area contributed by atoms with Gasteiger partial charge in [0.05, 0.1) is 13.7 Å². The standard InChI is InChI=1S/C14H12BrN3O2/c1-20-12-5-2-10(3-6-12)8-18-14(19)17-9-11(15)4-7-13(17)16-18/h2-7,9H,8H2,1H3. The van der Waals surface area contributed by atoms with Crippen molar-refractivity contribution in [2.75, 3.05) is 7.11 Å². The highest BCUT2D eigenvalue weighted by atomic mass is 79.9. The molecule has 0 amide bonds. The van der Waals surface area contributed by atoms with Crippen LogP contribution in [0, 0.1) is 0 Å². The summed E-state index contributed by atoms with van der Waals surface area (Å²) in [7, 11) is 1.62. The van der Waals surface area contributed by atoms with Crippen LogP contribution in [0.3, 0.4) is 0 Å². The first kappa shape index (κ1) is 12.9. The van der Waals surface area contributed by atoms with E-state index in [1.807, 2.05) is 30.3 Å². The minimum absolute atomic E-state index is 0.155. The molecule has 0 aliphatic rings. The molecule has 0 saturated carbocycles. The van der Waals surface area contributed by atoms with Crippen molar-refractivity contribution in [2.45, 2.75) is 6.54 Å². The van der Waals surface area contributed by atoms with Crippen LogP contribution in [0.2, 0.25) is 0 Å². The number of hydrogen-bond acceptors (Lipinski definition) is 3. The van der Waals surface area contributed by atoms with Gasteiger partial charge in [0.15, 0.2) is 5.65 Å². The molecular formula is C14H12BrN3O2. The molecule has 2 heterocycles. The van der Waals surface area contributed by atoms with Gasteiger partial charge in [0.25, 0.3) is 0 Å². The van der Waals surface area contributed by atoms with Crippen LogP contribution in [0.5, 0.6) is 5.75 Å². The monoisotopic (exact) mass is 333 g/mol. The van der Waals surface area contributed by atoms with Crippen molar-refractivity contribution < 1.29 is 4.74 Å². The fourth-order valence-electron chi connectivity index (χ4n) is 2.00. The molecule has 5 nitrogen and oxygen atoms in total.